The van der Waals surface area contributed by atoms with E-state index in [0.717, 1.165) is 16.9 Å². The van der Waals surface area contributed by atoms with Crippen LogP contribution in [0, 0.1) is 0 Å². The zero-order valence-corrected chi connectivity index (χ0v) is 18.2. The maximum atomic E-state index is 12.3. The normalized spacial score (nSPS) is 11.2. The molecule has 1 N–H and O–H groups in total. The fourth-order valence-corrected chi connectivity index (χ4v) is 3.77. The molecular formula is C22H19ClN6OS. The standard InChI is InChI=1S/C22H19ClN6OS/c1-28-13-5-8-19(28)14-24-25-20(30)15-31-22-27-26-21(16-9-11-17(23)12-10-16)29(22)18-6-3-2-4-7-18/h2-14H,15H2,1H3,(H,25,30)/b24-14-. The molecule has 4 rings (SSSR count). The van der Waals surface area contributed by atoms with E-state index in [1.54, 1.807) is 6.21 Å². The van der Waals surface area contributed by atoms with Crippen LogP contribution in [0.3, 0.4) is 0 Å². The van der Waals surface area contributed by atoms with Gasteiger partial charge in [0.15, 0.2) is 11.0 Å². The van der Waals surface area contributed by atoms with Crippen LogP contribution in [0.5, 0.6) is 0 Å². The van der Waals surface area contributed by atoms with Crippen LogP contribution in [-0.4, -0.2) is 37.2 Å². The summed E-state index contributed by atoms with van der Waals surface area (Å²) in [6, 6.07) is 21.0. The number of carbonyl (C=O) groups excluding carboxylic acids is 1. The van der Waals surface area contributed by atoms with Crippen molar-refractivity contribution in [3.05, 3.63) is 83.6 Å². The molecule has 0 bridgehead atoms. The van der Waals surface area contributed by atoms with Gasteiger partial charge in [0.05, 0.1) is 17.7 Å². The molecule has 31 heavy (non-hydrogen) atoms. The van der Waals surface area contributed by atoms with Gasteiger partial charge >= 0.3 is 0 Å². The van der Waals surface area contributed by atoms with Gasteiger partial charge in [-0.25, -0.2) is 5.43 Å². The maximum Gasteiger partial charge on any atom is 0.250 e. The van der Waals surface area contributed by atoms with Gasteiger partial charge in [0.1, 0.15) is 0 Å². The molecule has 0 atom stereocenters. The molecule has 156 valence electrons. The third kappa shape index (κ3) is 5.04. The minimum atomic E-state index is -0.230. The van der Waals surface area contributed by atoms with E-state index in [2.05, 4.69) is 20.7 Å². The zero-order valence-electron chi connectivity index (χ0n) is 16.6. The van der Waals surface area contributed by atoms with Gasteiger partial charge in [-0.05, 0) is 48.5 Å². The fourth-order valence-electron chi connectivity index (χ4n) is 2.90. The summed E-state index contributed by atoms with van der Waals surface area (Å²) in [6.45, 7) is 0. The number of rotatable bonds is 7. The first-order chi connectivity index (χ1) is 15.1. The first-order valence-electron chi connectivity index (χ1n) is 9.44. The highest BCUT2D eigenvalue weighted by molar-refractivity contribution is 7.99. The lowest BCUT2D eigenvalue weighted by atomic mass is 10.2. The van der Waals surface area contributed by atoms with E-state index in [1.807, 2.05) is 89.1 Å². The number of nitrogens with zero attached hydrogens (tertiary/aromatic N) is 5. The SMILES string of the molecule is Cn1cccc1/C=N\NC(=O)CSc1nnc(-c2ccc(Cl)cc2)n1-c1ccccc1. The summed E-state index contributed by atoms with van der Waals surface area (Å²) in [5.74, 6) is 0.592. The predicted molar refractivity (Wildman–Crippen MR) is 124 cm³/mol. The molecule has 0 aliphatic carbocycles. The number of halogens is 1. The topological polar surface area (TPSA) is 77.1 Å². The van der Waals surface area contributed by atoms with Crippen LogP contribution in [0.4, 0.5) is 0 Å². The second-order valence-electron chi connectivity index (χ2n) is 6.61. The number of aromatic nitrogens is 4. The maximum absolute atomic E-state index is 12.3. The second-order valence-corrected chi connectivity index (χ2v) is 7.99. The number of aryl methyl sites for hydroxylation is 1. The van der Waals surface area contributed by atoms with Crippen molar-refractivity contribution >= 4 is 35.5 Å². The van der Waals surface area contributed by atoms with Crippen LogP contribution in [0.15, 0.2) is 83.2 Å². The van der Waals surface area contributed by atoms with Crippen LogP contribution >= 0.6 is 23.4 Å². The summed E-state index contributed by atoms with van der Waals surface area (Å²) < 4.78 is 3.83. The van der Waals surface area contributed by atoms with Gasteiger partial charge in [0.2, 0.25) is 0 Å². The summed E-state index contributed by atoms with van der Waals surface area (Å²) >= 11 is 7.32. The molecule has 0 unspecified atom stereocenters. The second kappa shape index (κ2) is 9.63. The third-order valence-electron chi connectivity index (χ3n) is 4.45. The molecule has 4 aromatic rings. The van der Waals surface area contributed by atoms with E-state index in [-0.39, 0.29) is 11.7 Å². The summed E-state index contributed by atoms with van der Waals surface area (Å²) in [4.78, 5) is 12.3. The number of para-hydroxylation sites is 1. The molecule has 9 heteroatoms. The highest BCUT2D eigenvalue weighted by Gasteiger charge is 2.17. The van der Waals surface area contributed by atoms with E-state index < -0.39 is 0 Å². The van der Waals surface area contributed by atoms with Crippen molar-refractivity contribution in [2.45, 2.75) is 5.16 Å². The Morgan fingerprint density at radius 1 is 1.10 bits per heavy atom. The number of amides is 1. The van der Waals surface area contributed by atoms with Crippen LogP contribution in [-0.2, 0) is 11.8 Å². The van der Waals surface area contributed by atoms with Crippen molar-refractivity contribution in [2.24, 2.45) is 12.1 Å². The molecule has 0 spiro atoms. The third-order valence-corrected chi connectivity index (χ3v) is 5.63. The Balaban J connectivity index is 1.51. The van der Waals surface area contributed by atoms with E-state index in [4.69, 9.17) is 11.6 Å². The number of thioether (sulfide) groups is 1. The van der Waals surface area contributed by atoms with Gasteiger partial charge in [0.25, 0.3) is 5.91 Å². The number of hydrogen-bond acceptors (Lipinski definition) is 5. The lowest BCUT2D eigenvalue weighted by molar-refractivity contribution is -0.118. The van der Waals surface area contributed by atoms with Gasteiger partial charge < -0.3 is 4.57 Å². The number of hydrazone groups is 1. The van der Waals surface area contributed by atoms with Crippen LogP contribution in [0.25, 0.3) is 17.1 Å². The van der Waals surface area contributed by atoms with E-state index in [9.17, 15) is 4.79 Å². The zero-order chi connectivity index (χ0) is 21.6. The van der Waals surface area contributed by atoms with E-state index in [0.29, 0.717) is 16.0 Å². The molecular weight excluding hydrogens is 432 g/mol. The van der Waals surface area contributed by atoms with Crippen molar-refractivity contribution in [1.82, 2.24) is 24.8 Å². The first-order valence-corrected chi connectivity index (χ1v) is 10.8. The molecule has 0 saturated carbocycles. The van der Waals surface area contributed by atoms with Gasteiger partial charge in [-0.15, -0.1) is 10.2 Å². The van der Waals surface area contributed by atoms with Gasteiger partial charge in [-0.2, -0.15) is 5.10 Å². The lowest BCUT2D eigenvalue weighted by Crippen LogP contribution is -2.20. The highest BCUT2D eigenvalue weighted by atomic mass is 35.5. The predicted octanol–water partition coefficient (Wildman–Crippen LogP) is 4.17. The smallest absolute Gasteiger partial charge is 0.250 e. The Morgan fingerprint density at radius 3 is 2.58 bits per heavy atom. The average molecular weight is 451 g/mol. The Morgan fingerprint density at radius 2 is 1.87 bits per heavy atom. The Labute approximate surface area is 188 Å². The molecule has 0 radical (unpaired) electrons. The minimum Gasteiger partial charge on any atom is -0.350 e. The molecule has 0 aliphatic rings. The van der Waals surface area contributed by atoms with E-state index in [1.165, 1.54) is 11.8 Å². The van der Waals surface area contributed by atoms with Crippen molar-refractivity contribution in [2.75, 3.05) is 5.75 Å². The quantitative estimate of drug-likeness (QED) is 0.260. The minimum absolute atomic E-state index is 0.149. The Bertz CT molecular complexity index is 1200. The van der Waals surface area contributed by atoms with Crippen LogP contribution in [0.2, 0.25) is 5.02 Å². The van der Waals surface area contributed by atoms with Crippen molar-refractivity contribution < 1.29 is 4.79 Å². The number of hydrogen-bond donors (Lipinski definition) is 1. The summed E-state index contributed by atoms with van der Waals surface area (Å²) in [5.41, 5.74) is 5.22. The van der Waals surface area contributed by atoms with E-state index >= 15 is 0 Å². The molecule has 0 saturated heterocycles. The largest absolute Gasteiger partial charge is 0.350 e. The van der Waals surface area contributed by atoms with Crippen LogP contribution in [0.1, 0.15) is 5.69 Å². The molecule has 2 aromatic carbocycles. The van der Waals surface area contributed by atoms with Crippen molar-refractivity contribution in [1.29, 1.82) is 0 Å². The fraction of sp³-hybridized carbons (Fsp3) is 0.0909. The monoisotopic (exact) mass is 450 g/mol. The van der Waals surface area contributed by atoms with Gasteiger partial charge in [-0.1, -0.05) is 41.6 Å². The molecule has 7 nitrogen and oxygen atoms in total. The van der Waals surface area contributed by atoms with Crippen molar-refractivity contribution in [3.63, 3.8) is 0 Å². The number of benzene rings is 2. The molecule has 0 fully saturated rings. The van der Waals surface area contributed by atoms with Gasteiger partial charge in [0, 0.05) is 29.5 Å². The summed E-state index contributed by atoms with van der Waals surface area (Å²) in [6.07, 6.45) is 3.52. The summed E-state index contributed by atoms with van der Waals surface area (Å²) in [7, 11) is 1.91. The Kier molecular flexibility index (Phi) is 6.49. The average Bonchev–Trinajstić information content (AvgIpc) is 3.39. The molecule has 2 heterocycles. The number of nitrogens with one attached hydrogen (secondary N) is 1. The van der Waals surface area contributed by atoms with Gasteiger partial charge in [-0.3, -0.25) is 9.36 Å². The first kappa shape index (κ1) is 20.9. The summed E-state index contributed by atoms with van der Waals surface area (Å²) in [5, 5.41) is 14.0. The number of carbonyl (C=O) groups is 1. The van der Waals surface area contributed by atoms with Crippen molar-refractivity contribution in [3.8, 4) is 17.1 Å². The van der Waals surface area contributed by atoms with Crippen LogP contribution < -0.4 is 5.43 Å². The molecule has 2 aromatic heterocycles. The highest BCUT2D eigenvalue weighted by Crippen LogP contribution is 2.28. The lowest BCUT2D eigenvalue weighted by Gasteiger charge is -2.10. The molecule has 0 aliphatic heterocycles. The molecule has 1 amide bonds. The Hall–Kier alpha value is -3.36.